The Balaban J connectivity index is 2.16. The number of carbonyl (C=O) groups is 1. The van der Waals surface area contributed by atoms with Crippen molar-refractivity contribution in [3.63, 3.8) is 0 Å². The highest BCUT2D eigenvalue weighted by Gasteiger charge is 2.36. The first-order valence-corrected chi connectivity index (χ1v) is 6.34. The van der Waals surface area contributed by atoms with E-state index in [1.807, 2.05) is 0 Å². The predicted molar refractivity (Wildman–Crippen MR) is 65.9 cm³/mol. The third kappa shape index (κ3) is 4.91. The predicted octanol–water partition coefficient (Wildman–Crippen LogP) is 0.875. The largest absolute Gasteiger partial charge is 0.396 e. The van der Waals surface area contributed by atoms with Gasteiger partial charge in [-0.15, -0.1) is 0 Å². The Hall–Kier alpha value is -0.810. The molecule has 0 unspecified atom stereocenters. The highest BCUT2D eigenvalue weighted by atomic mass is 16.5. The van der Waals surface area contributed by atoms with Gasteiger partial charge < -0.3 is 20.5 Å². The number of carbonyl (C=O) groups excluding carboxylic acids is 1. The molecule has 1 aliphatic carbocycles. The second-order valence-corrected chi connectivity index (χ2v) is 4.78. The molecular weight excluding hydrogens is 220 g/mol. The summed E-state index contributed by atoms with van der Waals surface area (Å²) < 4.78 is 5.10. The summed E-state index contributed by atoms with van der Waals surface area (Å²) in [4.78, 5) is 11.4. The third-order valence-corrected chi connectivity index (χ3v) is 3.50. The van der Waals surface area contributed by atoms with Crippen molar-refractivity contribution in [3.8, 4) is 0 Å². The Morgan fingerprint density at radius 1 is 1.41 bits per heavy atom. The minimum absolute atomic E-state index is 0.109. The zero-order valence-electron chi connectivity index (χ0n) is 10.6. The number of rotatable bonds is 8. The van der Waals surface area contributed by atoms with Crippen molar-refractivity contribution < 1.29 is 14.6 Å². The number of nitrogens with one attached hydrogen (secondary N) is 2. The smallest absolute Gasteiger partial charge is 0.314 e. The standard InChI is InChI=1S/C12H24N2O3/c1-17-9-6-12(4-2-5-12)10-14-11(16)13-7-3-8-15/h15H,2-10H2,1H3,(H2,13,14,16). The summed E-state index contributed by atoms with van der Waals surface area (Å²) >= 11 is 0. The van der Waals surface area contributed by atoms with Crippen molar-refractivity contribution in [2.45, 2.75) is 32.1 Å². The number of aliphatic hydroxyl groups is 1. The summed E-state index contributed by atoms with van der Waals surface area (Å²) in [7, 11) is 1.71. The van der Waals surface area contributed by atoms with Gasteiger partial charge in [0.2, 0.25) is 0 Å². The van der Waals surface area contributed by atoms with Gasteiger partial charge in [0.25, 0.3) is 0 Å². The maximum Gasteiger partial charge on any atom is 0.314 e. The van der Waals surface area contributed by atoms with Crippen LogP contribution >= 0.6 is 0 Å². The monoisotopic (exact) mass is 244 g/mol. The maximum absolute atomic E-state index is 11.4. The number of urea groups is 1. The fraction of sp³-hybridized carbons (Fsp3) is 0.917. The molecule has 100 valence electrons. The van der Waals surface area contributed by atoms with Gasteiger partial charge in [0.1, 0.15) is 0 Å². The second kappa shape index (κ2) is 7.50. The van der Waals surface area contributed by atoms with Crippen LogP contribution in [0.25, 0.3) is 0 Å². The molecule has 0 saturated heterocycles. The fourth-order valence-electron chi connectivity index (χ4n) is 2.12. The number of hydrogen-bond acceptors (Lipinski definition) is 3. The van der Waals surface area contributed by atoms with Gasteiger partial charge in [-0.2, -0.15) is 0 Å². The lowest BCUT2D eigenvalue weighted by Crippen LogP contribution is -2.46. The molecule has 1 fully saturated rings. The van der Waals surface area contributed by atoms with Gasteiger partial charge in [0.05, 0.1) is 0 Å². The quantitative estimate of drug-likeness (QED) is 0.555. The van der Waals surface area contributed by atoms with Gasteiger partial charge in [0.15, 0.2) is 0 Å². The summed E-state index contributed by atoms with van der Waals surface area (Å²) in [5.41, 5.74) is 0.254. The topological polar surface area (TPSA) is 70.6 Å². The van der Waals surface area contributed by atoms with E-state index in [0.717, 1.165) is 19.6 Å². The second-order valence-electron chi connectivity index (χ2n) is 4.78. The zero-order valence-corrected chi connectivity index (χ0v) is 10.6. The average Bonchev–Trinajstić information content (AvgIpc) is 2.28. The van der Waals surface area contributed by atoms with Crippen LogP contribution in [0.1, 0.15) is 32.1 Å². The Labute approximate surface area is 103 Å². The van der Waals surface area contributed by atoms with E-state index in [2.05, 4.69) is 10.6 Å². The Morgan fingerprint density at radius 2 is 2.18 bits per heavy atom. The molecular formula is C12H24N2O3. The first kappa shape index (κ1) is 14.3. The number of hydrogen-bond donors (Lipinski definition) is 3. The molecule has 0 heterocycles. The molecule has 0 spiro atoms. The zero-order chi connectivity index (χ0) is 12.6. The highest BCUT2D eigenvalue weighted by molar-refractivity contribution is 5.73. The number of methoxy groups -OCH3 is 1. The molecule has 0 atom stereocenters. The molecule has 2 amide bonds. The van der Waals surface area contributed by atoms with Crippen LogP contribution in [0.2, 0.25) is 0 Å². The van der Waals surface area contributed by atoms with Crippen molar-refractivity contribution in [1.29, 1.82) is 0 Å². The van der Waals surface area contributed by atoms with Crippen LogP contribution in [0.5, 0.6) is 0 Å². The summed E-state index contributed by atoms with van der Waals surface area (Å²) in [5, 5.41) is 14.2. The van der Waals surface area contributed by atoms with Gasteiger partial charge in [-0.3, -0.25) is 0 Å². The van der Waals surface area contributed by atoms with Crippen molar-refractivity contribution in [2.24, 2.45) is 5.41 Å². The molecule has 0 aromatic heterocycles. The Morgan fingerprint density at radius 3 is 2.71 bits per heavy atom. The first-order chi connectivity index (χ1) is 8.22. The molecule has 17 heavy (non-hydrogen) atoms. The average molecular weight is 244 g/mol. The third-order valence-electron chi connectivity index (χ3n) is 3.50. The summed E-state index contributed by atoms with van der Waals surface area (Å²) in [6.45, 7) is 2.11. The van der Waals surface area contributed by atoms with E-state index in [9.17, 15) is 4.79 Å². The Bertz CT molecular complexity index is 230. The van der Waals surface area contributed by atoms with Crippen LogP contribution in [-0.2, 0) is 4.74 Å². The van der Waals surface area contributed by atoms with Gasteiger partial charge in [0, 0.05) is 33.4 Å². The van der Waals surface area contributed by atoms with Crippen LogP contribution in [0, 0.1) is 5.41 Å². The van der Waals surface area contributed by atoms with Gasteiger partial charge >= 0.3 is 6.03 Å². The summed E-state index contributed by atoms with van der Waals surface area (Å²) in [6, 6.07) is -0.137. The normalized spacial score (nSPS) is 17.3. The Kier molecular flexibility index (Phi) is 6.29. The van der Waals surface area contributed by atoms with Crippen LogP contribution < -0.4 is 10.6 Å². The first-order valence-electron chi connectivity index (χ1n) is 6.34. The van der Waals surface area contributed by atoms with E-state index in [4.69, 9.17) is 9.84 Å². The number of amides is 2. The van der Waals surface area contributed by atoms with Crippen LogP contribution in [0.15, 0.2) is 0 Å². The maximum atomic E-state index is 11.4. The molecule has 0 radical (unpaired) electrons. The molecule has 3 N–H and O–H groups in total. The molecule has 1 saturated carbocycles. The lowest BCUT2D eigenvalue weighted by atomic mass is 9.67. The van der Waals surface area contributed by atoms with Crippen LogP contribution in [-0.4, -0.2) is 44.6 Å². The molecule has 1 rings (SSSR count). The highest BCUT2D eigenvalue weighted by Crippen LogP contribution is 2.43. The minimum atomic E-state index is -0.137. The summed E-state index contributed by atoms with van der Waals surface area (Å²) in [5.74, 6) is 0. The minimum Gasteiger partial charge on any atom is -0.396 e. The lowest BCUT2D eigenvalue weighted by molar-refractivity contribution is 0.0712. The van der Waals surface area contributed by atoms with E-state index < -0.39 is 0 Å². The van der Waals surface area contributed by atoms with E-state index in [1.165, 1.54) is 19.3 Å². The van der Waals surface area contributed by atoms with E-state index in [0.29, 0.717) is 13.0 Å². The van der Waals surface area contributed by atoms with Gasteiger partial charge in [-0.05, 0) is 31.1 Å². The van der Waals surface area contributed by atoms with E-state index in [1.54, 1.807) is 7.11 Å². The van der Waals surface area contributed by atoms with E-state index >= 15 is 0 Å². The van der Waals surface area contributed by atoms with Crippen LogP contribution in [0.4, 0.5) is 4.79 Å². The SMILES string of the molecule is COCCC1(CNC(=O)NCCCO)CCC1. The van der Waals surface area contributed by atoms with Crippen molar-refractivity contribution in [2.75, 3.05) is 33.4 Å². The molecule has 5 heteroatoms. The summed E-state index contributed by atoms with van der Waals surface area (Å²) in [6.07, 6.45) is 5.21. The van der Waals surface area contributed by atoms with Crippen molar-refractivity contribution in [3.05, 3.63) is 0 Å². The van der Waals surface area contributed by atoms with Gasteiger partial charge in [-0.25, -0.2) is 4.79 Å². The number of ether oxygens (including phenoxy) is 1. The molecule has 0 aromatic carbocycles. The van der Waals surface area contributed by atoms with Gasteiger partial charge in [-0.1, -0.05) is 6.42 Å². The number of aliphatic hydroxyl groups excluding tert-OH is 1. The molecule has 0 aliphatic heterocycles. The van der Waals surface area contributed by atoms with Crippen molar-refractivity contribution in [1.82, 2.24) is 10.6 Å². The van der Waals surface area contributed by atoms with E-state index in [-0.39, 0.29) is 18.1 Å². The van der Waals surface area contributed by atoms with Crippen LogP contribution in [0.3, 0.4) is 0 Å². The molecule has 0 bridgehead atoms. The molecule has 1 aliphatic rings. The molecule has 0 aromatic rings. The van der Waals surface area contributed by atoms with Crippen molar-refractivity contribution >= 4 is 6.03 Å². The molecule has 5 nitrogen and oxygen atoms in total. The lowest BCUT2D eigenvalue weighted by Gasteiger charge is -2.42. The fourth-order valence-corrected chi connectivity index (χ4v) is 2.12.